The van der Waals surface area contributed by atoms with Crippen LogP contribution in [0, 0.1) is 5.82 Å². The van der Waals surface area contributed by atoms with E-state index in [-0.39, 0.29) is 12.2 Å². The average Bonchev–Trinajstić information content (AvgIpc) is 2.73. The predicted molar refractivity (Wildman–Crippen MR) is 110 cm³/mol. The van der Waals surface area contributed by atoms with E-state index in [1.165, 1.54) is 17.6 Å². The highest BCUT2D eigenvalue weighted by atomic mass is 79.9. The molecule has 8 nitrogen and oxygen atoms in total. The number of hydroxylamine groups is 1. The first kappa shape index (κ1) is 23.3. The lowest BCUT2D eigenvalue weighted by atomic mass is 10.0. The van der Waals surface area contributed by atoms with E-state index in [2.05, 4.69) is 21.2 Å². The zero-order chi connectivity index (χ0) is 22.1. The summed E-state index contributed by atoms with van der Waals surface area (Å²) in [6, 6.07) is 10.2. The summed E-state index contributed by atoms with van der Waals surface area (Å²) >= 11 is 3.29. The van der Waals surface area contributed by atoms with Gasteiger partial charge in [0.05, 0.1) is 0 Å². The fourth-order valence-electron chi connectivity index (χ4n) is 2.48. The molecule has 0 heterocycles. The van der Waals surface area contributed by atoms with Gasteiger partial charge in [-0.05, 0) is 55.0 Å². The van der Waals surface area contributed by atoms with E-state index in [1.54, 1.807) is 31.2 Å². The second kappa shape index (κ2) is 11.3. The molecule has 2 atom stereocenters. The molecule has 160 valence electrons. The van der Waals surface area contributed by atoms with Crippen molar-refractivity contribution in [2.75, 3.05) is 11.9 Å². The van der Waals surface area contributed by atoms with E-state index in [1.807, 2.05) is 0 Å². The number of amides is 2. The van der Waals surface area contributed by atoms with Crippen LogP contribution in [0.3, 0.4) is 0 Å². The zero-order valence-corrected chi connectivity index (χ0v) is 17.4. The quantitative estimate of drug-likeness (QED) is 0.256. The molecule has 0 spiro atoms. The van der Waals surface area contributed by atoms with Crippen molar-refractivity contribution in [2.24, 2.45) is 0 Å². The van der Waals surface area contributed by atoms with Gasteiger partial charge in [0.2, 0.25) is 0 Å². The first-order chi connectivity index (χ1) is 14.3. The Bertz CT molecular complexity index is 907. The van der Waals surface area contributed by atoms with Gasteiger partial charge in [0.1, 0.15) is 6.10 Å². The topological polar surface area (TPSA) is 117 Å². The van der Waals surface area contributed by atoms with Crippen LogP contribution in [0.5, 0.6) is 5.75 Å². The Morgan fingerprint density at radius 1 is 1.23 bits per heavy atom. The van der Waals surface area contributed by atoms with E-state index >= 15 is 0 Å². The van der Waals surface area contributed by atoms with E-state index in [4.69, 9.17) is 14.7 Å². The van der Waals surface area contributed by atoms with Crippen molar-refractivity contribution in [3.05, 3.63) is 70.5 Å². The van der Waals surface area contributed by atoms with E-state index < -0.39 is 35.8 Å². The lowest BCUT2D eigenvalue weighted by molar-refractivity contribution is -0.124. The normalized spacial score (nSPS) is 12.9. The van der Waals surface area contributed by atoms with Crippen molar-refractivity contribution in [2.45, 2.75) is 19.1 Å². The number of rotatable bonds is 8. The maximum absolute atomic E-state index is 13.9. The molecule has 0 saturated heterocycles. The minimum absolute atomic E-state index is 0.184. The summed E-state index contributed by atoms with van der Waals surface area (Å²) in [6.45, 7) is 1.87. The summed E-state index contributed by atoms with van der Waals surface area (Å²) in [4.78, 5) is 23.8. The number of carbonyl (C=O) groups is 2. The van der Waals surface area contributed by atoms with Crippen LogP contribution >= 0.6 is 15.9 Å². The van der Waals surface area contributed by atoms with E-state index in [0.29, 0.717) is 5.69 Å². The molecule has 2 rings (SSSR count). The molecular weight excluding hydrogens is 463 g/mol. The standard InChI is InChI=1S/C20H20BrFN2O6/c1-2-29-17(9-10-18(26)24-28)19(12-3-8-16(25)15(22)11-12)30-20(27)23-14-6-4-13(21)5-7-14/h3-11,17,19,25,28H,2H2,1H3,(H,23,27)(H,24,26)/b10-9+/t17-,19-/m0/s1. The van der Waals surface area contributed by atoms with Crippen LogP contribution in [0.25, 0.3) is 0 Å². The molecule has 0 saturated carbocycles. The molecule has 0 bridgehead atoms. The number of nitrogens with one attached hydrogen (secondary N) is 2. The van der Waals surface area contributed by atoms with Gasteiger partial charge in [0, 0.05) is 22.8 Å². The van der Waals surface area contributed by atoms with Gasteiger partial charge in [-0.15, -0.1) is 0 Å². The number of benzene rings is 2. The summed E-state index contributed by atoms with van der Waals surface area (Å²) in [7, 11) is 0. The first-order valence-electron chi connectivity index (χ1n) is 8.79. The van der Waals surface area contributed by atoms with E-state index in [0.717, 1.165) is 22.7 Å². The van der Waals surface area contributed by atoms with Crippen molar-refractivity contribution in [1.82, 2.24) is 5.48 Å². The van der Waals surface area contributed by atoms with E-state index in [9.17, 15) is 19.1 Å². The third-order valence-electron chi connectivity index (χ3n) is 3.83. The molecule has 2 aromatic rings. The summed E-state index contributed by atoms with van der Waals surface area (Å²) in [5, 5.41) is 20.7. The van der Waals surface area contributed by atoms with Gasteiger partial charge in [-0.3, -0.25) is 15.3 Å². The molecule has 4 N–H and O–H groups in total. The molecule has 30 heavy (non-hydrogen) atoms. The lowest BCUT2D eigenvalue weighted by Gasteiger charge is -2.25. The summed E-state index contributed by atoms with van der Waals surface area (Å²) < 4.78 is 25.7. The van der Waals surface area contributed by atoms with Gasteiger partial charge >= 0.3 is 6.09 Å². The Hall–Kier alpha value is -2.95. The zero-order valence-electron chi connectivity index (χ0n) is 15.8. The number of halogens is 2. The molecule has 0 aliphatic carbocycles. The smallest absolute Gasteiger partial charge is 0.412 e. The lowest BCUT2D eigenvalue weighted by Crippen LogP contribution is -2.28. The van der Waals surface area contributed by atoms with Crippen LogP contribution < -0.4 is 10.8 Å². The molecule has 2 aromatic carbocycles. The van der Waals surface area contributed by atoms with Crippen molar-refractivity contribution < 1.29 is 33.8 Å². The summed E-state index contributed by atoms with van der Waals surface area (Å²) in [6.07, 6.45) is -0.761. The number of phenols is 1. The second-order valence-electron chi connectivity index (χ2n) is 5.92. The molecule has 10 heteroatoms. The third-order valence-corrected chi connectivity index (χ3v) is 4.36. The SMILES string of the molecule is CCO[C@@H](/C=C/C(=O)NO)[C@@H](OC(=O)Nc1ccc(Br)cc1)c1ccc(O)c(F)c1. The van der Waals surface area contributed by atoms with Crippen LogP contribution in [-0.4, -0.2) is 35.0 Å². The maximum atomic E-state index is 13.9. The molecule has 0 fully saturated rings. The fourth-order valence-corrected chi connectivity index (χ4v) is 2.74. The van der Waals surface area contributed by atoms with Crippen LogP contribution in [0.4, 0.5) is 14.9 Å². The van der Waals surface area contributed by atoms with Gasteiger partial charge in [-0.2, -0.15) is 0 Å². The summed E-state index contributed by atoms with van der Waals surface area (Å²) in [5.41, 5.74) is 2.08. The number of hydrogen-bond acceptors (Lipinski definition) is 6. The maximum Gasteiger partial charge on any atom is 0.412 e. The Kier molecular flexibility index (Phi) is 8.78. The van der Waals surface area contributed by atoms with Gasteiger partial charge in [-0.25, -0.2) is 14.7 Å². The highest BCUT2D eigenvalue weighted by Gasteiger charge is 2.27. The van der Waals surface area contributed by atoms with Crippen molar-refractivity contribution in [3.8, 4) is 5.75 Å². The Balaban J connectivity index is 2.31. The van der Waals surface area contributed by atoms with Gasteiger partial charge < -0.3 is 14.6 Å². The molecular formula is C20H20BrFN2O6. The third kappa shape index (κ3) is 6.83. The van der Waals surface area contributed by atoms with Crippen molar-refractivity contribution in [1.29, 1.82) is 0 Å². The fraction of sp³-hybridized carbons (Fsp3) is 0.200. The molecule has 2 amide bonds. The first-order valence-corrected chi connectivity index (χ1v) is 9.58. The van der Waals surface area contributed by atoms with Gasteiger partial charge in [-0.1, -0.05) is 22.0 Å². The van der Waals surface area contributed by atoms with Crippen LogP contribution in [0.2, 0.25) is 0 Å². The second-order valence-corrected chi connectivity index (χ2v) is 6.84. The number of aromatic hydroxyl groups is 1. The minimum Gasteiger partial charge on any atom is -0.505 e. The van der Waals surface area contributed by atoms with Gasteiger partial charge in [0.15, 0.2) is 17.7 Å². The Labute approximate surface area is 180 Å². The van der Waals surface area contributed by atoms with Crippen LogP contribution in [0.1, 0.15) is 18.6 Å². The highest BCUT2D eigenvalue weighted by Crippen LogP contribution is 2.29. The molecule has 0 aliphatic rings. The number of hydrogen-bond donors (Lipinski definition) is 4. The number of phenolic OH excluding ortho intramolecular Hbond substituents is 1. The number of anilines is 1. The minimum atomic E-state index is -1.17. The predicted octanol–water partition coefficient (Wildman–Crippen LogP) is 4.05. The molecule has 0 aromatic heterocycles. The van der Waals surface area contributed by atoms with Crippen molar-refractivity contribution in [3.63, 3.8) is 0 Å². The number of ether oxygens (including phenoxy) is 2. The van der Waals surface area contributed by atoms with Crippen molar-refractivity contribution >= 4 is 33.6 Å². The van der Waals surface area contributed by atoms with Crippen LogP contribution in [-0.2, 0) is 14.3 Å². The largest absolute Gasteiger partial charge is 0.505 e. The Morgan fingerprint density at radius 3 is 2.53 bits per heavy atom. The Morgan fingerprint density at radius 2 is 1.93 bits per heavy atom. The monoisotopic (exact) mass is 482 g/mol. The molecule has 0 unspecified atom stereocenters. The average molecular weight is 483 g/mol. The molecule has 0 aliphatic heterocycles. The summed E-state index contributed by atoms with van der Waals surface area (Å²) in [5.74, 6) is -2.31. The highest BCUT2D eigenvalue weighted by molar-refractivity contribution is 9.10. The number of carbonyl (C=O) groups excluding carboxylic acids is 2. The van der Waals surface area contributed by atoms with Gasteiger partial charge in [0.25, 0.3) is 5.91 Å². The molecule has 0 radical (unpaired) electrons. The van der Waals surface area contributed by atoms with Crippen LogP contribution in [0.15, 0.2) is 59.1 Å².